The molecular weight excluding hydrogens is 280 g/mol. The van der Waals surface area contributed by atoms with Crippen molar-refractivity contribution < 1.29 is 18.4 Å². The Hall–Kier alpha value is -1.76. The van der Waals surface area contributed by atoms with E-state index in [1.807, 2.05) is 6.92 Å². The number of rotatable bonds is 8. The van der Waals surface area contributed by atoms with E-state index in [4.69, 9.17) is 15.7 Å². The Bertz CT molecular complexity index is 538. The summed E-state index contributed by atoms with van der Waals surface area (Å²) in [4.78, 5) is 0. The lowest BCUT2D eigenvalue weighted by molar-refractivity contribution is 0.317. The molecule has 1 rings (SSSR count). The molecule has 112 valence electrons. The molecule has 0 spiro atoms. The number of nitrogens with zero attached hydrogens (tertiary/aromatic N) is 1. The number of ether oxygens (including phenoxy) is 1. The highest BCUT2D eigenvalue weighted by atomic mass is 32.2. The SMILES string of the molecule is CCCS(=O)(=O)CCOc1ccc(C/C(N)=N/O)cc1. The van der Waals surface area contributed by atoms with Crippen LogP contribution in [0.25, 0.3) is 0 Å². The molecule has 0 atom stereocenters. The maximum absolute atomic E-state index is 11.5. The second kappa shape index (κ2) is 7.74. The van der Waals surface area contributed by atoms with Crippen LogP contribution in [0.3, 0.4) is 0 Å². The summed E-state index contributed by atoms with van der Waals surface area (Å²) in [6.45, 7) is 1.97. The topological polar surface area (TPSA) is 102 Å². The Morgan fingerprint density at radius 1 is 1.30 bits per heavy atom. The van der Waals surface area contributed by atoms with Gasteiger partial charge >= 0.3 is 0 Å². The molecule has 0 radical (unpaired) electrons. The van der Waals surface area contributed by atoms with Gasteiger partial charge in [-0.2, -0.15) is 0 Å². The summed E-state index contributed by atoms with van der Waals surface area (Å²) in [5.74, 6) is 0.936. The van der Waals surface area contributed by atoms with Crippen molar-refractivity contribution in [2.24, 2.45) is 10.9 Å². The van der Waals surface area contributed by atoms with Crippen molar-refractivity contribution in [3.63, 3.8) is 0 Å². The molecule has 7 heteroatoms. The first-order valence-corrected chi connectivity index (χ1v) is 8.17. The van der Waals surface area contributed by atoms with Gasteiger partial charge < -0.3 is 15.7 Å². The minimum Gasteiger partial charge on any atom is -0.493 e. The second-order valence-electron chi connectivity index (χ2n) is 4.41. The van der Waals surface area contributed by atoms with E-state index in [0.717, 1.165) is 5.56 Å². The van der Waals surface area contributed by atoms with E-state index < -0.39 is 9.84 Å². The third kappa shape index (κ3) is 5.92. The summed E-state index contributed by atoms with van der Waals surface area (Å²) in [7, 11) is -3.01. The van der Waals surface area contributed by atoms with Gasteiger partial charge in [-0.05, 0) is 24.1 Å². The van der Waals surface area contributed by atoms with Crippen LogP contribution in [0.5, 0.6) is 5.75 Å². The first-order valence-electron chi connectivity index (χ1n) is 6.35. The van der Waals surface area contributed by atoms with Gasteiger partial charge in [-0.3, -0.25) is 0 Å². The van der Waals surface area contributed by atoms with Crippen molar-refractivity contribution in [1.29, 1.82) is 0 Å². The van der Waals surface area contributed by atoms with Gasteiger partial charge in [-0.15, -0.1) is 0 Å². The maximum atomic E-state index is 11.5. The fraction of sp³-hybridized carbons (Fsp3) is 0.462. The van der Waals surface area contributed by atoms with E-state index >= 15 is 0 Å². The Kier molecular flexibility index (Phi) is 6.30. The van der Waals surface area contributed by atoms with Crippen LogP contribution >= 0.6 is 0 Å². The Labute approximate surface area is 119 Å². The molecule has 20 heavy (non-hydrogen) atoms. The van der Waals surface area contributed by atoms with Crippen molar-refractivity contribution in [1.82, 2.24) is 0 Å². The number of hydrogen-bond donors (Lipinski definition) is 2. The van der Waals surface area contributed by atoms with Crippen LogP contribution in [0.2, 0.25) is 0 Å². The minimum absolute atomic E-state index is 0.0205. The first-order chi connectivity index (χ1) is 9.46. The average Bonchev–Trinajstić information content (AvgIpc) is 2.40. The number of benzene rings is 1. The molecule has 0 aromatic heterocycles. The first kappa shape index (κ1) is 16.3. The van der Waals surface area contributed by atoms with Crippen LogP contribution in [-0.2, 0) is 16.3 Å². The lowest BCUT2D eigenvalue weighted by Gasteiger charge is -2.07. The van der Waals surface area contributed by atoms with Gasteiger partial charge in [-0.25, -0.2) is 8.42 Å². The van der Waals surface area contributed by atoms with Crippen LogP contribution in [0.1, 0.15) is 18.9 Å². The highest BCUT2D eigenvalue weighted by molar-refractivity contribution is 7.91. The van der Waals surface area contributed by atoms with Crippen molar-refractivity contribution >= 4 is 15.7 Å². The van der Waals surface area contributed by atoms with E-state index in [0.29, 0.717) is 18.6 Å². The van der Waals surface area contributed by atoms with E-state index in [1.165, 1.54) is 0 Å². The molecule has 0 saturated carbocycles. The highest BCUT2D eigenvalue weighted by Crippen LogP contribution is 2.12. The third-order valence-corrected chi connectivity index (χ3v) is 4.43. The number of hydrogen-bond acceptors (Lipinski definition) is 5. The van der Waals surface area contributed by atoms with Gasteiger partial charge in [0, 0.05) is 6.42 Å². The van der Waals surface area contributed by atoms with Gasteiger partial charge in [-0.1, -0.05) is 24.2 Å². The van der Waals surface area contributed by atoms with Crippen LogP contribution < -0.4 is 10.5 Å². The zero-order chi connectivity index (χ0) is 15.0. The molecule has 3 N–H and O–H groups in total. The molecule has 0 amide bonds. The summed E-state index contributed by atoms with van der Waals surface area (Å²) < 4.78 is 28.4. The van der Waals surface area contributed by atoms with Gasteiger partial charge in [0.15, 0.2) is 9.84 Å². The Morgan fingerprint density at radius 2 is 1.95 bits per heavy atom. The largest absolute Gasteiger partial charge is 0.493 e. The normalized spacial score (nSPS) is 12.3. The molecule has 0 heterocycles. The van der Waals surface area contributed by atoms with Gasteiger partial charge in [0.25, 0.3) is 0 Å². The third-order valence-electron chi connectivity index (χ3n) is 2.62. The smallest absolute Gasteiger partial charge is 0.153 e. The molecule has 0 aliphatic rings. The Balaban J connectivity index is 2.46. The van der Waals surface area contributed by atoms with Crippen LogP contribution in [0, 0.1) is 0 Å². The lowest BCUT2D eigenvalue weighted by atomic mass is 10.1. The summed E-state index contributed by atoms with van der Waals surface area (Å²) in [6.07, 6.45) is 0.965. The molecule has 1 aromatic carbocycles. The standard InChI is InChI=1S/C13H20N2O4S/c1-2-8-20(17,18)9-7-19-12-5-3-11(4-6-12)10-13(14)15-16/h3-6,16H,2,7-10H2,1H3,(H2,14,15). The molecule has 6 nitrogen and oxygen atoms in total. The van der Waals surface area contributed by atoms with Gasteiger partial charge in [0.1, 0.15) is 18.2 Å². The Morgan fingerprint density at radius 3 is 2.50 bits per heavy atom. The van der Waals surface area contributed by atoms with E-state index in [-0.39, 0.29) is 23.9 Å². The van der Waals surface area contributed by atoms with Crippen molar-refractivity contribution in [3.05, 3.63) is 29.8 Å². The van der Waals surface area contributed by atoms with E-state index in [2.05, 4.69) is 5.16 Å². The second-order valence-corrected chi connectivity index (χ2v) is 6.72. The fourth-order valence-corrected chi connectivity index (χ4v) is 2.81. The molecule has 1 aromatic rings. The van der Waals surface area contributed by atoms with Gasteiger partial charge in [0.2, 0.25) is 0 Å². The highest BCUT2D eigenvalue weighted by Gasteiger charge is 2.09. The molecule has 0 fully saturated rings. The lowest BCUT2D eigenvalue weighted by Crippen LogP contribution is -2.17. The fourth-order valence-electron chi connectivity index (χ4n) is 1.65. The summed E-state index contributed by atoms with van der Waals surface area (Å²) >= 11 is 0. The van der Waals surface area contributed by atoms with Crippen molar-refractivity contribution in [3.8, 4) is 5.75 Å². The molecule has 0 aliphatic heterocycles. The zero-order valence-electron chi connectivity index (χ0n) is 11.4. The van der Waals surface area contributed by atoms with Gasteiger partial charge in [0.05, 0.1) is 11.5 Å². The van der Waals surface area contributed by atoms with Crippen molar-refractivity contribution in [2.75, 3.05) is 18.1 Å². The molecule has 0 unspecified atom stereocenters. The molecule has 0 saturated heterocycles. The van der Waals surface area contributed by atoms with Crippen LogP contribution in [-0.4, -0.2) is 37.6 Å². The zero-order valence-corrected chi connectivity index (χ0v) is 12.3. The van der Waals surface area contributed by atoms with Crippen LogP contribution in [0.4, 0.5) is 0 Å². The number of sulfone groups is 1. The van der Waals surface area contributed by atoms with Crippen LogP contribution in [0.15, 0.2) is 29.4 Å². The summed E-state index contributed by atoms with van der Waals surface area (Å²) in [6, 6.07) is 7.03. The minimum atomic E-state index is -3.01. The predicted octanol–water partition coefficient (Wildman–Crippen LogP) is 1.18. The predicted molar refractivity (Wildman–Crippen MR) is 78.0 cm³/mol. The number of oxime groups is 1. The number of amidine groups is 1. The number of nitrogens with two attached hydrogens (primary N) is 1. The van der Waals surface area contributed by atoms with E-state index in [1.54, 1.807) is 24.3 Å². The summed E-state index contributed by atoms with van der Waals surface area (Å²) in [5.41, 5.74) is 6.28. The summed E-state index contributed by atoms with van der Waals surface area (Å²) in [5, 5.41) is 11.4. The average molecular weight is 300 g/mol. The molecular formula is C13H20N2O4S. The monoisotopic (exact) mass is 300 g/mol. The van der Waals surface area contributed by atoms with E-state index in [9.17, 15) is 8.42 Å². The quantitative estimate of drug-likeness (QED) is 0.325. The van der Waals surface area contributed by atoms with Crippen molar-refractivity contribution in [2.45, 2.75) is 19.8 Å². The molecule has 0 bridgehead atoms. The maximum Gasteiger partial charge on any atom is 0.153 e. The molecule has 0 aliphatic carbocycles.